The number of amides is 2. The molecule has 0 aromatic heterocycles. The minimum Gasteiger partial charge on any atom is -0.352 e. The van der Waals surface area contributed by atoms with E-state index in [1.807, 2.05) is 24.3 Å². The number of nitrogens with one attached hydrogen (secondary N) is 3. The van der Waals surface area contributed by atoms with Crippen LogP contribution in [-0.2, 0) is 16.1 Å². The van der Waals surface area contributed by atoms with Crippen LogP contribution in [0.4, 0.5) is 5.69 Å². The van der Waals surface area contributed by atoms with Crippen LogP contribution in [0.15, 0.2) is 24.3 Å². The predicted molar refractivity (Wildman–Crippen MR) is 97.1 cm³/mol. The van der Waals surface area contributed by atoms with Gasteiger partial charge in [0.25, 0.3) is 0 Å². The van der Waals surface area contributed by atoms with Crippen molar-refractivity contribution in [1.29, 1.82) is 0 Å². The average molecular weight is 352 g/mol. The summed E-state index contributed by atoms with van der Waals surface area (Å²) < 4.78 is 0. The van der Waals surface area contributed by atoms with Gasteiger partial charge in [-0.3, -0.25) is 9.59 Å². The highest BCUT2D eigenvalue weighted by molar-refractivity contribution is 5.92. The first-order chi connectivity index (χ1) is 11.2. The third-order valence-electron chi connectivity index (χ3n) is 4.82. The smallest absolute Gasteiger partial charge is 0.227 e. The standard InChI is InChI=1S/C18H25N3O2.ClH/c22-17(15-8-9-19-12-15)20-11-13-4-3-7-16(10-13)21-18(23)14-5-1-2-6-14;/h3-4,7,10,14-15,19H,1-2,5-6,8-9,11-12H2,(H,20,22)(H,21,23);1H. The number of hydrogen-bond acceptors (Lipinski definition) is 3. The molecule has 1 saturated carbocycles. The number of benzene rings is 1. The molecule has 1 atom stereocenters. The maximum Gasteiger partial charge on any atom is 0.227 e. The molecule has 3 rings (SSSR count). The van der Waals surface area contributed by atoms with Gasteiger partial charge in [0.2, 0.25) is 11.8 Å². The van der Waals surface area contributed by atoms with Crippen LogP contribution in [0.1, 0.15) is 37.7 Å². The lowest BCUT2D eigenvalue weighted by Crippen LogP contribution is -2.31. The molecule has 6 heteroatoms. The second kappa shape index (κ2) is 9.04. The van der Waals surface area contributed by atoms with Crippen LogP contribution in [-0.4, -0.2) is 24.9 Å². The molecule has 2 fully saturated rings. The number of carbonyl (C=O) groups excluding carboxylic acids is 2. The van der Waals surface area contributed by atoms with E-state index in [0.29, 0.717) is 6.54 Å². The van der Waals surface area contributed by atoms with E-state index in [0.717, 1.165) is 56.4 Å². The molecule has 0 spiro atoms. The SMILES string of the molecule is Cl.O=C(NCc1cccc(NC(=O)C2CCCC2)c1)C1CCNC1. The Kier molecular flexibility index (Phi) is 7.06. The van der Waals surface area contributed by atoms with Crippen molar-refractivity contribution < 1.29 is 9.59 Å². The zero-order valence-corrected chi connectivity index (χ0v) is 14.7. The Morgan fingerprint density at radius 1 is 1.08 bits per heavy atom. The van der Waals surface area contributed by atoms with Gasteiger partial charge in [0.05, 0.1) is 5.92 Å². The van der Waals surface area contributed by atoms with Gasteiger partial charge >= 0.3 is 0 Å². The second-order valence-corrected chi connectivity index (χ2v) is 6.58. The molecule has 2 amide bonds. The Hall–Kier alpha value is -1.59. The topological polar surface area (TPSA) is 70.2 Å². The van der Waals surface area contributed by atoms with Crippen LogP contribution in [0.25, 0.3) is 0 Å². The molecule has 1 aliphatic carbocycles. The van der Waals surface area contributed by atoms with Crippen molar-refractivity contribution in [3.8, 4) is 0 Å². The summed E-state index contributed by atoms with van der Waals surface area (Å²) in [6.07, 6.45) is 5.21. The van der Waals surface area contributed by atoms with Gasteiger partial charge in [0, 0.05) is 24.7 Å². The second-order valence-electron chi connectivity index (χ2n) is 6.58. The van der Waals surface area contributed by atoms with Gasteiger partial charge in [0.15, 0.2) is 0 Å². The van der Waals surface area contributed by atoms with E-state index >= 15 is 0 Å². The monoisotopic (exact) mass is 351 g/mol. The van der Waals surface area contributed by atoms with Gasteiger partial charge in [-0.1, -0.05) is 25.0 Å². The van der Waals surface area contributed by atoms with Crippen molar-refractivity contribution in [3.63, 3.8) is 0 Å². The summed E-state index contributed by atoms with van der Waals surface area (Å²) in [4.78, 5) is 24.2. The highest BCUT2D eigenvalue weighted by atomic mass is 35.5. The van der Waals surface area contributed by atoms with Gasteiger partial charge in [-0.25, -0.2) is 0 Å². The molecule has 1 heterocycles. The average Bonchev–Trinajstić information content (AvgIpc) is 3.25. The number of anilines is 1. The van der Waals surface area contributed by atoms with E-state index in [2.05, 4.69) is 16.0 Å². The first kappa shape index (κ1) is 18.7. The molecule has 24 heavy (non-hydrogen) atoms. The van der Waals surface area contributed by atoms with Crippen molar-refractivity contribution in [2.45, 2.75) is 38.6 Å². The Morgan fingerprint density at radius 3 is 2.58 bits per heavy atom. The molecule has 0 bridgehead atoms. The van der Waals surface area contributed by atoms with Crippen LogP contribution >= 0.6 is 12.4 Å². The molecule has 3 N–H and O–H groups in total. The summed E-state index contributed by atoms with van der Waals surface area (Å²) in [6, 6.07) is 7.74. The lowest BCUT2D eigenvalue weighted by molar-refractivity contribution is -0.124. The van der Waals surface area contributed by atoms with Crippen molar-refractivity contribution in [2.75, 3.05) is 18.4 Å². The van der Waals surface area contributed by atoms with Crippen LogP contribution in [0.3, 0.4) is 0 Å². The number of halogens is 1. The first-order valence-electron chi connectivity index (χ1n) is 8.60. The fourth-order valence-electron chi connectivity index (χ4n) is 3.40. The molecule has 1 aromatic carbocycles. The van der Waals surface area contributed by atoms with Gasteiger partial charge in [-0.2, -0.15) is 0 Å². The zero-order chi connectivity index (χ0) is 16.1. The highest BCUT2D eigenvalue weighted by Gasteiger charge is 2.23. The van der Waals surface area contributed by atoms with Crippen molar-refractivity contribution >= 4 is 29.9 Å². The highest BCUT2D eigenvalue weighted by Crippen LogP contribution is 2.26. The van der Waals surface area contributed by atoms with E-state index < -0.39 is 0 Å². The Labute approximate surface area is 149 Å². The minimum atomic E-state index is 0. The van der Waals surface area contributed by atoms with E-state index in [4.69, 9.17) is 0 Å². The summed E-state index contributed by atoms with van der Waals surface area (Å²) in [5.74, 6) is 0.476. The quantitative estimate of drug-likeness (QED) is 0.763. The van der Waals surface area contributed by atoms with Crippen LogP contribution in [0.2, 0.25) is 0 Å². The van der Waals surface area contributed by atoms with Gasteiger partial charge in [-0.15, -0.1) is 12.4 Å². The van der Waals surface area contributed by atoms with Crippen LogP contribution < -0.4 is 16.0 Å². The fourth-order valence-corrected chi connectivity index (χ4v) is 3.40. The van der Waals surface area contributed by atoms with Gasteiger partial charge < -0.3 is 16.0 Å². The molecular weight excluding hydrogens is 326 g/mol. The van der Waals surface area contributed by atoms with Crippen molar-refractivity contribution in [2.24, 2.45) is 11.8 Å². The molecule has 1 aromatic rings. The van der Waals surface area contributed by atoms with E-state index in [1.54, 1.807) is 0 Å². The Bertz CT molecular complexity index is 567. The lowest BCUT2D eigenvalue weighted by atomic mass is 10.1. The lowest BCUT2D eigenvalue weighted by Gasteiger charge is -2.13. The first-order valence-corrected chi connectivity index (χ1v) is 8.60. The summed E-state index contributed by atoms with van der Waals surface area (Å²) in [5, 5.41) is 9.19. The van der Waals surface area contributed by atoms with Gasteiger partial charge in [-0.05, 0) is 43.5 Å². The molecule has 132 valence electrons. The molecular formula is C18H26ClN3O2. The van der Waals surface area contributed by atoms with E-state index in [-0.39, 0.29) is 36.1 Å². The molecule has 0 radical (unpaired) electrons. The largest absolute Gasteiger partial charge is 0.352 e. The number of hydrogen-bond donors (Lipinski definition) is 3. The van der Waals surface area contributed by atoms with E-state index in [9.17, 15) is 9.59 Å². The third kappa shape index (κ3) is 4.95. The van der Waals surface area contributed by atoms with Crippen LogP contribution in [0, 0.1) is 11.8 Å². The maximum absolute atomic E-state index is 12.2. The molecule has 5 nitrogen and oxygen atoms in total. The third-order valence-corrected chi connectivity index (χ3v) is 4.82. The Balaban J connectivity index is 0.00000208. The minimum absolute atomic E-state index is 0. The normalized spacial score (nSPS) is 20.4. The number of carbonyl (C=O) groups is 2. The van der Waals surface area contributed by atoms with Gasteiger partial charge in [0.1, 0.15) is 0 Å². The molecule has 1 aliphatic heterocycles. The van der Waals surface area contributed by atoms with Crippen molar-refractivity contribution in [3.05, 3.63) is 29.8 Å². The zero-order valence-electron chi connectivity index (χ0n) is 13.8. The molecule has 1 unspecified atom stereocenters. The fraction of sp³-hybridized carbons (Fsp3) is 0.556. The predicted octanol–water partition coefficient (Wildman–Crippen LogP) is 2.46. The van der Waals surface area contributed by atoms with Crippen molar-refractivity contribution in [1.82, 2.24) is 10.6 Å². The summed E-state index contributed by atoms with van der Waals surface area (Å²) >= 11 is 0. The molecule has 2 aliphatic rings. The summed E-state index contributed by atoms with van der Waals surface area (Å²) in [7, 11) is 0. The maximum atomic E-state index is 12.2. The summed E-state index contributed by atoms with van der Waals surface area (Å²) in [6.45, 7) is 2.19. The number of rotatable bonds is 5. The van der Waals surface area contributed by atoms with Crippen LogP contribution in [0.5, 0.6) is 0 Å². The molecule has 1 saturated heterocycles. The van der Waals surface area contributed by atoms with E-state index in [1.165, 1.54) is 0 Å². The Morgan fingerprint density at radius 2 is 1.88 bits per heavy atom. The summed E-state index contributed by atoms with van der Waals surface area (Å²) in [5.41, 5.74) is 1.82.